The average molecular weight is 279 g/mol. The molecule has 116 valence electrons. The molecule has 0 bridgehead atoms. The number of nitrogens with one attached hydrogen (secondary N) is 1. The quantitative estimate of drug-likeness (QED) is 0.650. The van der Waals surface area contributed by atoms with Gasteiger partial charge < -0.3 is 5.32 Å². The molecule has 2 atom stereocenters. The third-order valence-corrected chi connectivity index (χ3v) is 4.15. The monoisotopic (exact) mass is 279 g/mol. The molecular formula is C17H33N3. The molecule has 1 heterocycles. The number of rotatable bonds is 10. The molecule has 0 spiro atoms. The van der Waals surface area contributed by atoms with Crippen molar-refractivity contribution in [1.82, 2.24) is 15.1 Å². The van der Waals surface area contributed by atoms with Crippen molar-refractivity contribution in [1.29, 1.82) is 0 Å². The number of aromatic nitrogens is 2. The lowest BCUT2D eigenvalue weighted by atomic mass is 9.81. The third kappa shape index (κ3) is 5.28. The fourth-order valence-electron chi connectivity index (χ4n) is 2.75. The van der Waals surface area contributed by atoms with Crippen molar-refractivity contribution in [3.8, 4) is 0 Å². The summed E-state index contributed by atoms with van der Waals surface area (Å²) in [7, 11) is 0. The fourth-order valence-corrected chi connectivity index (χ4v) is 2.75. The van der Waals surface area contributed by atoms with Gasteiger partial charge in [-0.3, -0.25) is 4.68 Å². The Balaban J connectivity index is 2.66. The standard InChI is InChI=1S/C17H33N3/c1-6-10-17(5,14-18-11-7-2)13-16-9-12-20(19-16)15(4)8-3/h9,12,15,18H,6-8,10-11,13-14H2,1-5H3. The Hall–Kier alpha value is -0.830. The van der Waals surface area contributed by atoms with Gasteiger partial charge in [-0.15, -0.1) is 0 Å². The fraction of sp³-hybridized carbons (Fsp3) is 0.824. The summed E-state index contributed by atoms with van der Waals surface area (Å²) >= 11 is 0. The third-order valence-electron chi connectivity index (χ3n) is 4.15. The SMILES string of the molecule is CCCNCC(C)(CCC)Cc1ccn(C(C)CC)n1. The van der Waals surface area contributed by atoms with Gasteiger partial charge in [0.2, 0.25) is 0 Å². The molecule has 1 aromatic heterocycles. The first kappa shape index (κ1) is 17.2. The Kier molecular flexibility index (Phi) is 7.28. The Morgan fingerprint density at radius 2 is 2.05 bits per heavy atom. The highest BCUT2D eigenvalue weighted by atomic mass is 15.3. The second kappa shape index (κ2) is 8.46. The summed E-state index contributed by atoms with van der Waals surface area (Å²) in [4.78, 5) is 0. The minimum absolute atomic E-state index is 0.318. The summed E-state index contributed by atoms with van der Waals surface area (Å²) < 4.78 is 2.11. The van der Waals surface area contributed by atoms with Crippen LogP contribution in [0.3, 0.4) is 0 Å². The van der Waals surface area contributed by atoms with E-state index in [1.165, 1.54) is 25.0 Å². The van der Waals surface area contributed by atoms with Gasteiger partial charge in [-0.05, 0) is 50.6 Å². The highest BCUT2D eigenvalue weighted by molar-refractivity contribution is 5.03. The molecule has 0 aliphatic carbocycles. The summed E-state index contributed by atoms with van der Waals surface area (Å²) in [5.41, 5.74) is 1.55. The van der Waals surface area contributed by atoms with E-state index in [1.807, 2.05) is 0 Å². The molecule has 0 amide bonds. The molecule has 0 saturated heterocycles. The summed E-state index contributed by atoms with van der Waals surface area (Å²) in [6.45, 7) is 13.5. The molecule has 0 radical (unpaired) electrons. The summed E-state index contributed by atoms with van der Waals surface area (Å²) in [5.74, 6) is 0. The van der Waals surface area contributed by atoms with E-state index in [0.717, 1.165) is 25.9 Å². The Labute approximate surface area is 125 Å². The lowest BCUT2D eigenvalue weighted by Gasteiger charge is -2.29. The van der Waals surface area contributed by atoms with E-state index in [0.29, 0.717) is 11.5 Å². The normalized spacial score (nSPS) is 16.1. The van der Waals surface area contributed by atoms with Gasteiger partial charge in [0.25, 0.3) is 0 Å². The first-order valence-corrected chi connectivity index (χ1v) is 8.29. The van der Waals surface area contributed by atoms with E-state index < -0.39 is 0 Å². The average Bonchev–Trinajstić information content (AvgIpc) is 2.86. The van der Waals surface area contributed by atoms with Crippen molar-refractivity contribution >= 4 is 0 Å². The van der Waals surface area contributed by atoms with Gasteiger partial charge in [-0.1, -0.05) is 34.1 Å². The van der Waals surface area contributed by atoms with E-state index in [2.05, 4.69) is 56.9 Å². The van der Waals surface area contributed by atoms with Crippen LogP contribution in [-0.4, -0.2) is 22.9 Å². The molecule has 1 rings (SSSR count). The smallest absolute Gasteiger partial charge is 0.0630 e. The maximum atomic E-state index is 4.77. The molecule has 1 N–H and O–H groups in total. The van der Waals surface area contributed by atoms with Gasteiger partial charge in [-0.2, -0.15) is 5.10 Å². The van der Waals surface area contributed by atoms with Crippen LogP contribution in [0, 0.1) is 5.41 Å². The molecule has 3 heteroatoms. The van der Waals surface area contributed by atoms with Crippen molar-refractivity contribution in [2.24, 2.45) is 5.41 Å². The Bertz CT molecular complexity index is 372. The molecule has 0 aromatic carbocycles. The van der Waals surface area contributed by atoms with E-state index in [-0.39, 0.29) is 0 Å². The van der Waals surface area contributed by atoms with Crippen molar-refractivity contribution in [3.05, 3.63) is 18.0 Å². The second-order valence-corrected chi connectivity index (χ2v) is 6.46. The molecule has 2 unspecified atom stereocenters. The topological polar surface area (TPSA) is 29.9 Å². The number of hydrogen-bond acceptors (Lipinski definition) is 2. The second-order valence-electron chi connectivity index (χ2n) is 6.46. The minimum atomic E-state index is 0.318. The van der Waals surface area contributed by atoms with Crippen molar-refractivity contribution < 1.29 is 0 Å². The predicted molar refractivity (Wildman–Crippen MR) is 87.1 cm³/mol. The van der Waals surface area contributed by atoms with Crippen LogP contribution in [0.2, 0.25) is 0 Å². The zero-order chi connectivity index (χ0) is 15.0. The first-order chi connectivity index (χ1) is 9.54. The molecule has 0 aliphatic heterocycles. The van der Waals surface area contributed by atoms with Gasteiger partial charge in [0.15, 0.2) is 0 Å². The van der Waals surface area contributed by atoms with Crippen LogP contribution in [0.25, 0.3) is 0 Å². The van der Waals surface area contributed by atoms with Gasteiger partial charge >= 0.3 is 0 Å². The van der Waals surface area contributed by atoms with Gasteiger partial charge in [-0.25, -0.2) is 0 Å². The van der Waals surface area contributed by atoms with Gasteiger partial charge in [0, 0.05) is 18.8 Å². The largest absolute Gasteiger partial charge is 0.316 e. The Morgan fingerprint density at radius 3 is 2.65 bits per heavy atom. The van der Waals surface area contributed by atoms with E-state index in [4.69, 9.17) is 5.10 Å². The maximum absolute atomic E-state index is 4.77. The van der Waals surface area contributed by atoms with E-state index in [1.54, 1.807) is 0 Å². The van der Waals surface area contributed by atoms with Gasteiger partial charge in [0.05, 0.1) is 5.69 Å². The lowest BCUT2D eigenvalue weighted by molar-refractivity contribution is 0.271. The highest BCUT2D eigenvalue weighted by Crippen LogP contribution is 2.27. The molecule has 0 aliphatic rings. The molecule has 3 nitrogen and oxygen atoms in total. The maximum Gasteiger partial charge on any atom is 0.0630 e. The van der Waals surface area contributed by atoms with Crippen LogP contribution in [0.5, 0.6) is 0 Å². The minimum Gasteiger partial charge on any atom is -0.316 e. The Morgan fingerprint density at radius 1 is 1.30 bits per heavy atom. The zero-order valence-corrected chi connectivity index (χ0v) is 14.1. The van der Waals surface area contributed by atoms with E-state index >= 15 is 0 Å². The van der Waals surface area contributed by atoms with Crippen LogP contribution in [-0.2, 0) is 6.42 Å². The van der Waals surface area contributed by atoms with Crippen LogP contribution >= 0.6 is 0 Å². The van der Waals surface area contributed by atoms with Gasteiger partial charge in [0.1, 0.15) is 0 Å². The summed E-state index contributed by atoms with van der Waals surface area (Å²) in [6, 6.07) is 2.69. The first-order valence-electron chi connectivity index (χ1n) is 8.29. The van der Waals surface area contributed by atoms with Crippen molar-refractivity contribution in [2.75, 3.05) is 13.1 Å². The zero-order valence-electron chi connectivity index (χ0n) is 14.1. The van der Waals surface area contributed by atoms with Crippen LogP contribution in [0.15, 0.2) is 12.3 Å². The summed E-state index contributed by atoms with van der Waals surface area (Å²) in [6.07, 6.45) is 8.02. The van der Waals surface area contributed by atoms with Crippen molar-refractivity contribution in [3.63, 3.8) is 0 Å². The molecule has 0 saturated carbocycles. The number of hydrogen-bond donors (Lipinski definition) is 1. The predicted octanol–water partition coefficient (Wildman–Crippen LogP) is 4.20. The van der Waals surface area contributed by atoms with Crippen LogP contribution < -0.4 is 5.32 Å². The van der Waals surface area contributed by atoms with Crippen molar-refractivity contribution in [2.45, 2.75) is 72.8 Å². The molecule has 20 heavy (non-hydrogen) atoms. The van der Waals surface area contributed by atoms with Crippen LogP contribution in [0.1, 0.15) is 72.0 Å². The summed E-state index contributed by atoms with van der Waals surface area (Å²) in [5, 5.41) is 8.35. The molecule has 1 aromatic rings. The molecular weight excluding hydrogens is 246 g/mol. The van der Waals surface area contributed by atoms with E-state index in [9.17, 15) is 0 Å². The number of nitrogens with zero attached hydrogens (tertiary/aromatic N) is 2. The van der Waals surface area contributed by atoms with Crippen LogP contribution in [0.4, 0.5) is 0 Å². The highest BCUT2D eigenvalue weighted by Gasteiger charge is 2.24. The molecule has 0 fully saturated rings. The lowest BCUT2D eigenvalue weighted by Crippen LogP contribution is -2.34.